The van der Waals surface area contributed by atoms with Crippen molar-refractivity contribution >= 4 is 17.4 Å². The number of carbonyl (C=O) groups excluding carboxylic acids is 1. The van der Waals surface area contributed by atoms with Gasteiger partial charge >= 0.3 is 6.09 Å². The number of piperidine rings is 1. The molecule has 1 fully saturated rings. The number of likely N-dealkylation sites (tertiary alicyclic amines) is 1. The van der Waals surface area contributed by atoms with Crippen LogP contribution in [-0.2, 0) is 4.74 Å². The first-order valence-electron chi connectivity index (χ1n) is 9.76. The van der Waals surface area contributed by atoms with Crippen molar-refractivity contribution in [2.75, 3.05) is 19.7 Å². The summed E-state index contributed by atoms with van der Waals surface area (Å²) < 4.78 is 49.2. The number of hydrogen-bond donors (Lipinski definition) is 0. The van der Waals surface area contributed by atoms with E-state index in [2.05, 4.69) is 4.98 Å². The molecule has 0 bridgehead atoms. The normalized spacial score (nSPS) is 15.5. The lowest BCUT2D eigenvalue weighted by Gasteiger charge is -2.32. The van der Waals surface area contributed by atoms with E-state index in [1.807, 2.05) is 26.2 Å². The molecule has 164 valence electrons. The van der Waals surface area contributed by atoms with Gasteiger partial charge in [0, 0.05) is 36.0 Å². The lowest BCUT2D eigenvalue weighted by atomic mass is 9.94. The number of nitrogens with zero attached hydrogens (tertiary/aromatic N) is 2. The minimum Gasteiger partial charge on any atom is -0.488 e. The first-order valence-corrected chi connectivity index (χ1v) is 10.6. The summed E-state index contributed by atoms with van der Waals surface area (Å²) in [7, 11) is 0. The van der Waals surface area contributed by atoms with E-state index in [0.29, 0.717) is 23.7 Å². The number of hydrogen-bond acceptors (Lipinski definition) is 5. The predicted molar refractivity (Wildman–Crippen MR) is 109 cm³/mol. The molecule has 1 aromatic heterocycles. The van der Waals surface area contributed by atoms with Gasteiger partial charge in [-0.25, -0.2) is 22.9 Å². The van der Waals surface area contributed by atoms with Crippen molar-refractivity contribution in [1.29, 1.82) is 0 Å². The van der Waals surface area contributed by atoms with Gasteiger partial charge in [0.1, 0.15) is 28.8 Å². The molecule has 1 saturated heterocycles. The molecule has 0 N–H and O–H groups in total. The van der Waals surface area contributed by atoms with Gasteiger partial charge in [-0.05, 0) is 45.7 Å². The van der Waals surface area contributed by atoms with Crippen molar-refractivity contribution in [2.24, 2.45) is 0 Å². The van der Waals surface area contributed by atoms with Gasteiger partial charge in [0.05, 0.1) is 5.69 Å². The van der Waals surface area contributed by atoms with Gasteiger partial charge < -0.3 is 14.4 Å². The summed E-state index contributed by atoms with van der Waals surface area (Å²) in [6.07, 6.45) is -1.41. The number of carbonyl (C=O) groups is 1. The first kappa shape index (κ1) is 22.4. The molecule has 1 aliphatic heterocycles. The molecule has 1 aromatic carbocycles. The van der Waals surface area contributed by atoms with Crippen molar-refractivity contribution < 1.29 is 27.4 Å². The highest BCUT2D eigenvalue weighted by Gasteiger charge is 2.28. The average Bonchev–Trinajstić information content (AvgIpc) is 3.15. The first-order chi connectivity index (χ1) is 14.1. The van der Waals surface area contributed by atoms with Gasteiger partial charge in [0.2, 0.25) is 0 Å². The fourth-order valence-corrected chi connectivity index (χ4v) is 4.13. The molecule has 9 heteroatoms. The van der Waals surface area contributed by atoms with Crippen LogP contribution in [0.3, 0.4) is 0 Å². The summed E-state index contributed by atoms with van der Waals surface area (Å²) >= 11 is 1.33. The van der Waals surface area contributed by atoms with Crippen molar-refractivity contribution in [1.82, 2.24) is 9.88 Å². The molecular weight excluding hydrogens is 417 g/mol. The van der Waals surface area contributed by atoms with Gasteiger partial charge in [-0.2, -0.15) is 0 Å². The van der Waals surface area contributed by atoms with Gasteiger partial charge in [-0.15, -0.1) is 11.3 Å². The van der Waals surface area contributed by atoms with Gasteiger partial charge in [0.15, 0.2) is 0 Å². The molecule has 5 nitrogen and oxygen atoms in total. The Balaban J connectivity index is 1.61. The van der Waals surface area contributed by atoms with E-state index in [0.717, 1.165) is 24.6 Å². The van der Waals surface area contributed by atoms with E-state index in [4.69, 9.17) is 9.47 Å². The Morgan fingerprint density at radius 3 is 2.60 bits per heavy atom. The summed E-state index contributed by atoms with van der Waals surface area (Å²) in [6.45, 7) is 5.90. The van der Waals surface area contributed by atoms with E-state index in [1.54, 1.807) is 4.90 Å². The van der Waals surface area contributed by atoms with Gasteiger partial charge in [-0.3, -0.25) is 0 Å². The Morgan fingerprint density at radius 1 is 1.30 bits per heavy atom. The molecule has 0 radical (unpaired) electrons. The number of ether oxygens (including phenoxy) is 2. The van der Waals surface area contributed by atoms with E-state index >= 15 is 0 Å². The molecular formula is C21H25F3N2O3S. The largest absolute Gasteiger partial charge is 0.488 e. The number of halogens is 3. The second kappa shape index (κ2) is 9.24. The third kappa shape index (κ3) is 5.87. The summed E-state index contributed by atoms with van der Waals surface area (Å²) in [5, 5.41) is 2.43. The molecule has 0 aliphatic carbocycles. The molecule has 0 saturated carbocycles. The minimum atomic E-state index is -2.61. The predicted octanol–water partition coefficient (Wildman–Crippen LogP) is 5.71. The van der Waals surface area contributed by atoms with Gasteiger partial charge in [0.25, 0.3) is 6.43 Å². The number of alkyl halides is 2. The third-order valence-corrected chi connectivity index (χ3v) is 5.53. The smallest absolute Gasteiger partial charge is 0.410 e. The Labute approximate surface area is 177 Å². The fraction of sp³-hybridized carbons (Fsp3) is 0.524. The Bertz CT molecular complexity index is 875. The van der Waals surface area contributed by atoms with Gasteiger partial charge in [-0.1, -0.05) is 0 Å². The summed E-state index contributed by atoms with van der Waals surface area (Å²) in [6, 6.07) is 4.04. The lowest BCUT2D eigenvalue weighted by molar-refractivity contribution is 0.0204. The lowest BCUT2D eigenvalue weighted by Crippen LogP contribution is -2.41. The zero-order valence-electron chi connectivity index (χ0n) is 17.2. The second-order valence-corrected chi connectivity index (χ2v) is 9.02. The zero-order chi connectivity index (χ0) is 21.9. The van der Waals surface area contributed by atoms with E-state index in [1.165, 1.54) is 23.5 Å². The number of amides is 1. The van der Waals surface area contributed by atoms with Crippen molar-refractivity contribution in [2.45, 2.75) is 51.6 Å². The quantitative estimate of drug-likeness (QED) is 0.595. The van der Waals surface area contributed by atoms with Crippen molar-refractivity contribution in [3.63, 3.8) is 0 Å². The highest BCUT2D eigenvalue weighted by Crippen LogP contribution is 2.34. The van der Waals surface area contributed by atoms with E-state index < -0.39 is 24.5 Å². The highest BCUT2D eigenvalue weighted by atomic mass is 32.1. The van der Waals surface area contributed by atoms with Crippen LogP contribution in [0.25, 0.3) is 10.6 Å². The maximum atomic E-state index is 14.4. The van der Waals surface area contributed by atoms with Crippen LogP contribution in [0, 0.1) is 5.82 Å². The maximum absolute atomic E-state index is 14.4. The van der Waals surface area contributed by atoms with Crippen LogP contribution in [0.15, 0.2) is 23.6 Å². The molecule has 1 amide bonds. The summed E-state index contributed by atoms with van der Waals surface area (Å²) in [4.78, 5) is 18.5. The second-order valence-electron chi connectivity index (χ2n) is 8.16. The Hall–Kier alpha value is -2.29. The van der Waals surface area contributed by atoms with Crippen LogP contribution in [0.2, 0.25) is 0 Å². The topological polar surface area (TPSA) is 51.7 Å². The Kier molecular flexibility index (Phi) is 6.90. The molecule has 0 unspecified atom stereocenters. The van der Waals surface area contributed by atoms with Crippen LogP contribution in [0.5, 0.6) is 5.75 Å². The molecule has 1 aliphatic rings. The van der Waals surface area contributed by atoms with Crippen LogP contribution in [0.1, 0.15) is 45.2 Å². The Morgan fingerprint density at radius 2 is 2.00 bits per heavy atom. The SMILES string of the molecule is CC(C)(C)OC(=O)N1CCC(c2csc(-c3ccc(OCC(F)F)cc3F)n2)CC1. The van der Waals surface area contributed by atoms with E-state index in [9.17, 15) is 18.0 Å². The molecule has 2 aromatic rings. The molecule has 2 heterocycles. The molecule has 3 rings (SSSR count). The van der Waals surface area contributed by atoms with Crippen LogP contribution < -0.4 is 4.74 Å². The highest BCUT2D eigenvalue weighted by molar-refractivity contribution is 7.13. The van der Waals surface area contributed by atoms with Crippen molar-refractivity contribution in [3.8, 4) is 16.3 Å². The standard InChI is InChI=1S/C21H25F3N2O3S/c1-21(2,3)29-20(27)26-8-6-13(7-9-26)17-12-30-19(25-17)15-5-4-14(10-16(15)22)28-11-18(23)24/h4-5,10,12-13,18H,6-9,11H2,1-3H3. The summed E-state index contributed by atoms with van der Waals surface area (Å²) in [5.41, 5.74) is 0.653. The number of aromatic nitrogens is 1. The fourth-order valence-electron chi connectivity index (χ4n) is 3.20. The average molecular weight is 443 g/mol. The molecule has 0 spiro atoms. The van der Waals surface area contributed by atoms with E-state index in [-0.39, 0.29) is 17.8 Å². The van der Waals surface area contributed by atoms with Crippen LogP contribution in [-0.4, -0.2) is 47.7 Å². The zero-order valence-corrected chi connectivity index (χ0v) is 18.0. The summed E-state index contributed by atoms with van der Waals surface area (Å²) in [5.74, 6) is -0.323. The number of benzene rings is 1. The minimum absolute atomic E-state index is 0.0582. The molecule has 0 atom stereocenters. The van der Waals surface area contributed by atoms with Crippen molar-refractivity contribution in [3.05, 3.63) is 35.1 Å². The number of rotatable bonds is 5. The molecule has 30 heavy (non-hydrogen) atoms. The maximum Gasteiger partial charge on any atom is 0.410 e. The monoisotopic (exact) mass is 442 g/mol. The van der Waals surface area contributed by atoms with Crippen LogP contribution in [0.4, 0.5) is 18.0 Å². The number of thiazole rings is 1. The third-order valence-electron chi connectivity index (χ3n) is 4.63. The van der Waals surface area contributed by atoms with Crippen LogP contribution >= 0.6 is 11.3 Å².